The summed E-state index contributed by atoms with van der Waals surface area (Å²) in [6, 6.07) is 10.0. The highest BCUT2D eigenvalue weighted by atomic mass is 32.2. The number of hydrogen-bond donors (Lipinski definition) is 0. The van der Waals surface area contributed by atoms with Crippen LogP contribution in [0.1, 0.15) is 5.56 Å². The molecule has 0 saturated carbocycles. The SMILES string of the molecule is COC(=O)C1=Cc2cc3ccccc3nc2SC1. The van der Waals surface area contributed by atoms with Crippen molar-refractivity contribution in [1.29, 1.82) is 0 Å². The fourth-order valence-corrected chi connectivity index (χ4v) is 2.90. The summed E-state index contributed by atoms with van der Waals surface area (Å²) >= 11 is 1.58. The van der Waals surface area contributed by atoms with Gasteiger partial charge in [-0.25, -0.2) is 9.78 Å². The van der Waals surface area contributed by atoms with Crippen molar-refractivity contribution < 1.29 is 9.53 Å². The van der Waals surface area contributed by atoms with Crippen LogP contribution in [-0.2, 0) is 9.53 Å². The lowest BCUT2D eigenvalue weighted by Crippen LogP contribution is -2.10. The number of fused-ring (bicyclic) bond motifs is 2. The van der Waals surface area contributed by atoms with E-state index in [-0.39, 0.29) is 5.97 Å². The molecule has 1 aliphatic heterocycles. The monoisotopic (exact) mass is 257 g/mol. The van der Waals surface area contributed by atoms with Crippen LogP contribution in [-0.4, -0.2) is 23.8 Å². The first-order chi connectivity index (χ1) is 8.78. The Hall–Kier alpha value is -1.81. The van der Waals surface area contributed by atoms with Gasteiger partial charge in [-0.3, -0.25) is 0 Å². The van der Waals surface area contributed by atoms with Crippen molar-refractivity contribution in [1.82, 2.24) is 4.98 Å². The molecule has 0 atom stereocenters. The summed E-state index contributed by atoms with van der Waals surface area (Å²) in [6.45, 7) is 0. The lowest BCUT2D eigenvalue weighted by Gasteiger charge is -2.14. The van der Waals surface area contributed by atoms with Crippen LogP contribution >= 0.6 is 11.8 Å². The molecule has 1 aromatic heterocycles. The van der Waals surface area contributed by atoms with Crippen LogP contribution in [0.25, 0.3) is 17.0 Å². The van der Waals surface area contributed by atoms with E-state index >= 15 is 0 Å². The number of methoxy groups -OCH3 is 1. The predicted octanol–water partition coefficient (Wildman–Crippen LogP) is 2.90. The standard InChI is InChI=1S/C14H11NO2S/c1-17-14(16)11-7-10-6-9-4-2-3-5-12(9)15-13(10)18-8-11/h2-7H,8H2,1H3. The van der Waals surface area contributed by atoms with Gasteiger partial charge < -0.3 is 4.74 Å². The third-order valence-corrected chi connectivity index (χ3v) is 3.91. The summed E-state index contributed by atoms with van der Waals surface area (Å²) in [6.07, 6.45) is 1.87. The molecule has 3 rings (SSSR count). The highest BCUT2D eigenvalue weighted by Gasteiger charge is 2.18. The number of aromatic nitrogens is 1. The molecule has 2 aromatic rings. The van der Waals surface area contributed by atoms with Crippen molar-refractivity contribution in [3.63, 3.8) is 0 Å². The number of carbonyl (C=O) groups is 1. The number of nitrogens with zero attached hydrogens (tertiary/aromatic N) is 1. The van der Waals surface area contributed by atoms with E-state index in [1.54, 1.807) is 11.8 Å². The molecule has 1 aliphatic rings. The van der Waals surface area contributed by atoms with E-state index in [0.717, 1.165) is 21.5 Å². The number of thioether (sulfide) groups is 1. The largest absolute Gasteiger partial charge is 0.466 e. The van der Waals surface area contributed by atoms with Gasteiger partial charge in [-0.05, 0) is 18.2 Å². The first-order valence-electron chi connectivity index (χ1n) is 5.59. The quantitative estimate of drug-likeness (QED) is 0.736. The molecule has 0 N–H and O–H groups in total. The normalized spacial score (nSPS) is 13.9. The van der Waals surface area contributed by atoms with Gasteiger partial charge in [0.05, 0.1) is 12.6 Å². The second kappa shape index (κ2) is 4.46. The first kappa shape index (κ1) is 11.3. The Morgan fingerprint density at radius 1 is 1.39 bits per heavy atom. The number of carbonyl (C=O) groups excluding carboxylic acids is 1. The number of benzene rings is 1. The van der Waals surface area contributed by atoms with Gasteiger partial charge in [-0.1, -0.05) is 18.2 Å². The number of hydrogen-bond acceptors (Lipinski definition) is 4. The fraction of sp³-hybridized carbons (Fsp3) is 0.143. The van der Waals surface area contributed by atoms with E-state index in [4.69, 9.17) is 4.74 Å². The molecule has 0 radical (unpaired) electrons. The summed E-state index contributed by atoms with van der Waals surface area (Å²) in [5.74, 6) is 0.353. The molecule has 2 heterocycles. The third kappa shape index (κ3) is 1.88. The molecule has 3 nitrogen and oxygen atoms in total. The van der Waals surface area contributed by atoms with Gasteiger partial charge in [-0.15, -0.1) is 11.8 Å². The summed E-state index contributed by atoms with van der Waals surface area (Å²) in [4.78, 5) is 16.1. The molecule has 0 spiro atoms. The number of para-hydroxylation sites is 1. The van der Waals surface area contributed by atoms with E-state index in [1.807, 2.05) is 30.3 Å². The van der Waals surface area contributed by atoms with Gasteiger partial charge >= 0.3 is 5.97 Å². The summed E-state index contributed by atoms with van der Waals surface area (Å²) < 4.78 is 4.75. The van der Waals surface area contributed by atoms with Gasteiger partial charge in [0.15, 0.2) is 0 Å². The van der Waals surface area contributed by atoms with Crippen LogP contribution < -0.4 is 0 Å². The average molecular weight is 257 g/mol. The molecule has 18 heavy (non-hydrogen) atoms. The van der Waals surface area contributed by atoms with Gasteiger partial charge in [-0.2, -0.15) is 0 Å². The minimum atomic E-state index is -0.263. The fourth-order valence-electron chi connectivity index (χ4n) is 1.96. The van der Waals surface area contributed by atoms with Crippen LogP contribution in [0, 0.1) is 0 Å². The molecular weight excluding hydrogens is 246 g/mol. The molecule has 4 heteroatoms. The highest BCUT2D eigenvalue weighted by Crippen LogP contribution is 2.32. The minimum Gasteiger partial charge on any atom is -0.466 e. The van der Waals surface area contributed by atoms with Crippen LogP contribution in [0.4, 0.5) is 0 Å². The Morgan fingerprint density at radius 2 is 2.22 bits per heavy atom. The van der Waals surface area contributed by atoms with Crippen molar-refractivity contribution >= 4 is 34.7 Å². The van der Waals surface area contributed by atoms with Gasteiger partial charge in [0.25, 0.3) is 0 Å². The second-order valence-electron chi connectivity index (χ2n) is 4.03. The maximum atomic E-state index is 11.5. The molecule has 0 amide bonds. The maximum Gasteiger partial charge on any atom is 0.334 e. The molecule has 0 bridgehead atoms. The van der Waals surface area contributed by atoms with Gasteiger partial charge in [0.2, 0.25) is 0 Å². The van der Waals surface area contributed by atoms with Crippen molar-refractivity contribution in [2.75, 3.05) is 12.9 Å². The predicted molar refractivity (Wildman–Crippen MR) is 72.5 cm³/mol. The zero-order valence-corrected chi connectivity index (χ0v) is 10.7. The van der Waals surface area contributed by atoms with E-state index in [0.29, 0.717) is 11.3 Å². The third-order valence-electron chi connectivity index (χ3n) is 2.86. The van der Waals surface area contributed by atoms with Crippen LogP contribution in [0.15, 0.2) is 40.9 Å². The van der Waals surface area contributed by atoms with Crippen molar-refractivity contribution in [3.8, 4) is 0 Å². The zero-order chi connectivity index (χ0) is 12.5. The van der Waals surface area contributed by atoms with Crippen LogP contribution in [0.3, 0.4) is 0 Å². The lowest BCUT2D eigenvalue weighted by molar-refractivity contribution is -0.135. The average Bonchev–Trinajstić information content (AvgIpc) is 2.43. The van der Waals surface area contributed by atoms with Gasteiger partial charge in [0.1, 0.15) is 5.03 Å². The highest BCUT2D eigenvalue weighted by molar-refractivity contribution is 7.99. The maximum absolute atomic E-state index is 11.5. The van der Waals surface area contributed by atoms with E-state index in [2.05, 4.69) is 11.1 Å². The molecule has 90 valence electrons. The van der Waals surface area contributed by atoms with Crippen LogP contribution in [0.2, 0.25) is 0 Å². The van der Waals surface area contributed by atoms with E-state index < -0.39 is 0 Å². The lowest BCUT2D eigenvalue weighted by atomic mass is 10.1. The topological polar surface area (TPSA) is 39.2 Å². The molecule has 1 aromatic carbocycles. The zero-order valence-electron chi connectivity index (χ0n) is 9.84. The van der Waals surface area contributed by atoms with Crippen LogP contribution in [0.5, 0.6) is 0 Å². The second-order valence-corrected chi connectivity index (χ2v) is 4.99. The Kier molecular flexibility index (Phi) is 2.80. The summed E-state index contributed by atoms with van der Waals surface area (Å²) in [7, 11) is 1.40. The Bertz CT molecular complexity index is 664. The molecule has 0 saturated heterocycles. The summed E-state index contributed by atoms with van der Waals surface area (Å²) in [5.41, 5.74) is 2.66. The number of ether oxygens (including phenoxy) is 1. The Labute approximate surface area is 109 Å². The Balaban J connectivity index is 2.13. The van der Waals surface area contributed by atoms with Crippen molar-refractivity contribution in [2.24, 2.45) is 0 Å². The van der Waals surface area contributed by atoms with E-state index in [9.17, 15) is 4.79 Å². The smallest absolute Gasteiger partial charge is 0.334 e. The first-order valence-corrected chi connectivity index (χ1v) is 6.58. The number of pyridine rings is 1. The van der Waals surface area contributed by atoms with E-state index in [1.165, 1.54) is 7.11 Å². The number of rotatable bonds is 1. The minimum absolute atomic E-state index is 0.263. The summed E-state index contributed by atoms with van der Waals surface area (Å²) in [5, 5.41) is 2.06. The molecule has 0 aliphatic carbocycles. The van der Waals surface area contributed by atoms with Crippen molar-refractivity contribution in [3.05, 3.63) is 41.5 Å². The Morgan fingerprint density at radius 3 is 3.06 bits per heavy atom. The molecular formula is C14H11NO2S. The van der Waals surface area contributed by atoms with Gasteiger partial charge in [0, 0.05) is 22.3 Å². The molecule has 0 unspecified atom stereocenters. The number of esters is 1. The molecule has 0 fully saturated rings. The van der Waals surface area contributed by atoms with Crippen molar-refractivity contribution in [2.45, 2.75) is 5.03 Å².